The van der Waals surface area contributed by atoms with Crippen molar-refractivity contribution in [2.45, 2.75) is 0 Å². The lowest BCUT2D eigenvalue weighted by Gasteiger charge is -2.08. The standard InChI is InChI=1S/C11H15ClN2O3/c1-16-4-5-17-7-11(15)14-10-3-2-8(13)6-9(10)12/h2-3,6H,4-5,7,13H2,1H3,(H,14,15). The summed E-state index contributed by atoms with van der Waals surface area (Å²) in [5, 5.41) is 3.02. The Balaban J connectivity index is 2.40. The van der Waals surface area contributed by atoms with Crippen LogP contribution in [0.2, 0.25) is 5.02 Å². The first-order chi connectivity index (χ1) is 8.13. The number of benzene rings is 1. The zero-order valence-corrected chi connectivity index (χ0v) is 10.3. The molecule has 1 aromatic carbocycles. The zero-order valence-electron chi connectivity index (χ0n) is 9.53. The zero-order chi connectivity index (χ0) is 12.7. The maximum Gasteiger partial charge on any atom is 0.250 e. The number of carbonyl (C=O) groups excluding carboxylic acids is 1. The van der Waals surface area contributed by atoms with Crippen LogP contribution in [0.1, 0.15) is 0 Å². The quantitative estimate of drug-likeness (QED) is 0.599. The highest BCUT2D eigenvalue weighted by atomic mass is 35.5. The third-order valence-electron chi connectivity index (χ3n) is 1.93. The summed E-state index contributed by atoms with van der Waals surface area (Å²) in [7, 11) is 1.57. The summed E-state index contributed by atoms with van der Waals surface area (Å²) in [6.45, 7) is 0.791. The molecule has 1 rings (SSSR count). The van der Waals surface area contributed by atoms with Crippen LogP contribution in [0, 0.1) is 0 Å². The van der Waals surface area contributed by atoms with Crippen molar-refractivity contribution in [1.82, 2.24) is 0 Å². The molecule has 0 aliphatic carbocycles. The number of halogens is 1. The summed E-state index contributed by atoms with van der Waals surface area (Å²) in [4.78, 5) is 11.4. The number of nitrogens with one attached hydrogen (secondary N) is 1. The van der Waals surface area contributed by atoms with Crippen LogP contribution in [0.4, 0.5) is 11.4 Å². The minimum Gasteiger partial charge on any atom is -0.399 e. The summed E-state index contributed by atoms with van der Waals surface area (Å²) in [5.41, 5.74) is 6.60. The minimum atomic E-state index is -0.271. The molecule has 17 heavy (non-hydrogen) atoms. The predicted octanol–water partition coefficient (Wildman–Crippen LogP) is 1.52. The molecule has 1 aromatic rings. The lowest BCUT2D eigenvalue weighted by molar-refractivity contribution is -0.121. The molecule has 0 saturated carbocycles. The second kappa shape index (κ2) is 7.11. The molecule has 5 nitrogen and oxygen atoms in total. The number of ether oxygens (including phenoxy) is 2. The van der Waals surface area contributed by atoms with Gasteiger partial charge in [-0.25, -0.2) is 0 Å². The summed E-state index contributed by atoms with van der Waals surface area (Å²) < 4.78 is 9.85. The molecule has 0 spiro atoms. The number of rotatable bonds is 6. The van der Waals surface area contributed by atoms with E-state index in [4.69, 9.17) is 26.8 Å². The number of nitrogen functional groups attached to an aromatic ring is 1. The van der Waals surface area contributed by atoms with E-state index in [0.29, 0.717) is 29.6 Å². The second-order valence-corrected chi connectivity index (χ2v) is 3.74. The average molecular weight is 259 g/mol. The van der Waals surface area contributed by atoms with E-state index in [-0.39, 0.29) is 12.5 Å². The van der Waals surface area contributed by atoms with Crippen LogP contribution in [-0.4, -0.2) is 32.8 Å². The van der Waals surface area contributed by atoms with Crippen LogP contribution in [0.5, 0.6) is 0 Å². The van der Waals surface area contributed by atoms with Gasteiger partial charge < -0.3 is 20.5 Å². The number of anilines is 2. The third-order valence-corrected chi connectivity index (χ3v) is 2.24. The molecule has 6 heteroatoms. The van der Waals surface area contributed by atoms with Gasteiger partial charge in [0.15, 0.2) is 0 Å². The van der Waals surface area contributed by atoms with E-state index in [1.165, 1.54) is 0 Å². The van der Waals surface area contributed by atoms with Crippen LogP contribution in [0.15, 0.2) is 18.2 Å². The van der Waals surface area contributed by atoms with Gasteiger partial charge in [0.05, 0.1) is 23.9 Å². The number of methoxy groups -OCH3 is 1. The van der Waals surface area contributed by atoms with E-state index >= 15 is 0 Å². The van der Waals surface area contributed by atoms with Gasteiger partial charge >= 0.3 is 0 Å². The van der Waals surface area contributed by atoms with Crippen molar-refractivity contribution in [3.8, 4) is 0 Å². The monoisotopic (exact) mass is 258 g/mol. The van der Waals surface area contributed by atoms with Crippen molar-refractivity contribution < 1.29 is 14.3 Å². The Morgan fingerprint density at radius 2 is 2.24 bits per heavy atom. The van der Waals surface area contributed by atoms with Gasteiger partial charge in [-0.15, -0.1) is 0 Å². The van der Waals surface area contributed by atoms with Gasteiger partial charge in [0.1, 0.15) is 6.61 Å². The molecule has 0 saturated heterocycles. The van der Waals surface area contributed by atoms with E-state index in [9.17, 15) is 4.79 Å². The van der Waals surface area contributed by atoms with Crippen LogP contribution in [-0.2, 0) is 14.3 Å². The number of amides is 1. The minimum absolute atomic E-state index is 0.0376. The Labute approximate surface area is 105 Å². The fourth-order valence-corrected chi connectivity index (χ4v) is 1.36. The molecular weight excluding hydrogens is 244 g/mol. The van der Waals surface area contributed by atoms with Crippen molar-refractivity contribution in [2.24, 2.45) is 0 Å². The summed E-state index contributed by atoms with van der Waals surface area (Å²) in [6.07, 6.45) is 0. The molecule has 0 radical (unpaired) electrons. The predicted molar refractivity (Wildman–Crippen MR) is 67.2 cm³/mol. The van der Waals surface area contributed by atoms with Crippen molar-refractivity contribution in [1.29, 1.82) is 0 Å². The number of hydrogen-bond donors (Lipinski definition) is 2. The van der Waals surface area contributed by atoms with Gasteiger partial charge in [-0.1, -0.05) is 11.6 Å². The Morgan fingerprint density at radius 1 is 1.47 bits per heavy atom. The second-order valence-electron chi connectivity index (χ2n) is 3.33. The highest BCUT2D eigenvalue weighted by Crippen LogP contribution is 2.23. The molecule has 0 aliphatic heterocycles. The topological polar surface area (TPSA) is 73.6 Å². The van der Waals surface area contributed by atoms with Gasteiger partial charge in [0, 0.05) is 12.8 Å². The van der Waals surface area contributed by atoms with Crippen molar-refractivity contribution >= 4 is 28.9 Å². The lowest BCUT2D eigenvalue weighted by atomic mass is 10.3. The van der Waals surface area contributed by atoms with Crippen LogP contribution < -0.4 is 11.1 Å². The molecule has 0 fully saturated rings. The summed E-state index contributed by atoms with van der Waals surface area (Å²) >= 11 is 5.90. The van der Waals surface area contributed by atoms with E-state index in [1.807, 2.05) is 0 Å². The van der Waals surface area contributed by atoms with Crippen molar-refractivity contribution in [3.05, 3.63) is 23.2 Å². The summed E-state index contributed by atoms with van der Waals surface area (Å²) in [6, 6.07) is 4.88. The maximum absolute atomic E-state index is 11.4. The number of carbonyl (C=O) groups is 1. The third kappa shape index (κ3) is 5.04. The fraction of sp³-hybridized carbons (Fsp3) is 0.364. The first-order valence-electron chi connectivity index (χ1n) is 5.05. The van der Waals surface area contributed by atoms with Gasteiger partial charge in [0.25, 0.3) is 0 Å². The van der Waals surface area contributed by atoms with Crippen molar-refractivity contribution in [2.75, 3.05) is 38.0 Å². The number of hydrogen-bond acceptors (Lipinski definition) is 4. The fourth-order valence-electron chi connectivity index (χ4n) is 1.13. The molecule has 0 atom stereocenters. The largest absolute Gasteiger partial charge is 0.399 e. The molecule has 0 bridgehead atoms. The van der Waals surface area contributed by atoms with Gasteiger partial charge in [-0.2, -0.15) is 0 Å². The van der Waals surface area contributed by atoms with Crippen LogP contribution in [0.3, 0.4) is 0 Å². The van der Waals surface area contributed by atoms with Gasteiger partial charge in [0.2, 0.25) is 5.91 Å². The van der Waals surface area contributed by atoms with Crippen LogP contribution >= 0.6 is 11.6 Å². The van der Waals surface area contributed by atoms with E-state index in [0.717, 1.165) is 0 Å². The smallest absolute Gasteiger partial charge is 0.250 e. The van der Waals surface area contributed by atoms with Gasteiger partial charge in [-0.05, 0) is 18.2 Å². The molecule has 0 unspecified atom stereocenters. The Kier molecular flexibility index (Phi) is 5.76. The highest BCUT2D eigenvalue weighted by Gasteiger charge is 2.05. The highest BCUT2D eigenvalue weighted by molar-refractivity contribution is 6.34. The van der Waals surface area contributed by atoms with E-state index in [2.05, 4.69) is 5.32 Å². The van der Waals surface area contributed by atoms with Crippen molar-refractivity contribution in [3.63, 3.8) is 0 Å². The SMILES string of the molecule is COCCOCC(=O)Nc1ccc(N)cc1Cl. The molecule has 0 aliphatic rings. The first kappa shape index (κ1) is 13.8. The Bertz CT molecular complexity index is 385. The average Bonchev–Trinajstić information content (AvgIpc) is 2.28. The number of nitrogens with two attached hydrogens (primary N) is 1. The maximum atomic E-state index is 11.4. The normalized spacial score (nSPS) is 10.2. The van der Waals surface area contributed by atoms with E-state index in [1.54, 1.807) is 25.3 Å². The van der Waals surface area contributed by atoms with E-state index < -0.39 is 0 Å². The van der Waals surface area contributed by atoms with Crippen LogP contribution in [0.25, 0.3) is 0 Å². The van der Waals surface area contributed by atoms with Gasteiger partial charge in [-0.3, -0.25) is 4.79 Å². The molecule has 3 N–H and O–H groups in total. The molecule has 0 heterocycles. The molecular formula is C11H15ClN2O3. The lowest BCUT2D eigenvalue weighted by Crippen LogP contribution is -2.19. The Hall–Kier alpha value is -1.30. The molecule has 0 aromatic heterocycles. The first-order valence-corrected chi connectivity index (χ1v) is 5.43. The molecule has 1 amide bonds. The Morgan fingerprint density at radius 3 is 2.88 bits per heavy atom. The summed E-state index contributed by atoms with van der Waals surface area (Å²) in [5.74, 6) is -0.271. The molecule has 94 valence electrons.